The van der Waals surface area contributed by atoms with Gasteiger partial charge in [0.1, 0.15) is 0 Å². The first-order valence-corrected chi connectivity index (χ1v) is 12.9. The molecule has 0 rings (SSSR count). The van der Waals surface area contributed by atoms with Crippen LogP contribution in [0.2, 0.25) is 0 Å². The predicted molar refractivity (Wildman–Crippen MR) is 128 cm³/mol. The second-order valence-corrected chi connectivity index (χ2v) is 8.82. The lowest BCUT2D eigenvalue weighted by molar-refractivity contribution is 0.207. The Balaban J connectivity index is 3.21. The average molecular weight is 412 g/mol. The van der Waals surface area contributed by atoms with Crippen LogP contribution >= 0.6 is 0 Å². The summed E-state index contributed by atoms with van der Waals surface area (Å²) in [5, 5.41) is 18.1. The molecule has 0 aliphatic heterocycles. The lowest BCUT2D eigenvalue weighted by Gasteiger charge is -2.13. The maximum atomic E-state index is 9.04. The molecule has 3 nitrogen and oxygen atoms in total. The standard InChI is InChI=1S/C26H53NO2/c27-23-19-17-15-13-11-9-7-5-3-1-2-4-6-8-10-12-14-16-18-20-26(21-24-28)22-25-29/h4,6,26,28-29H,1-3,5,7-25,27H2/b6-4-. The summed E-state index contributed by atoms with van der Waals surface area (Å²) in [5.41, 5.74) is 5.51. The minimum atomic E-state index is 0.257. The maximum absolute atomic E-state index is 9.04. The molecule has 0 fully saturated rings. The van der Waals surface area contributed by atoms with Crippen LogP contribution in [0, 0.1) is 5.92 Å². The van der Waals surface area contributed by atoms with E-state index in [4.69, 9.17) is 15.9 Å². The van der Waals surface area contributed by atoms with Gasteiger partial charge in [-0.1, -0.05) is 95.6 Å². The fourth-order valence-electron chi connectivity index (χ4n) is 4.08. The molecule has 0 aliphatic rings. The van der Waals surface area contributed by atoms with Crippen molar-refractivity contribution in [1.29, 1.82) is 0 Å². The highest BCUT2D eigenvalue weighted by atomic mass is 16.3. The minimum absolute atomic E-state index is 0.257. The van der Waals surface area contributed by atoms with Crippen LogP contribution in [0.15, 0.2) is 12.2 Å². The molecule has 29 heavy (non-hydrogen) atoms. The normalized spacial score (nSPS) is 11.9. The molecule has 0 heterocycles. The second kappa shape index (κ2) is 25.7. The molecular weight excluding hydrogens is 358 g/mol. The van der Waals surface area contributed by atoms with Gasteiger partial charge in [0.05, 0.1) is 0 Å². The Labute approximate surface area is 182 Å². The van der Waals surface area contributed by atoms with E-state index in [9.17, 15) is 0 Å². The molecule has 0 aromatic heterocycles. The quantitative estimate of drug-likeness (QED) is 0.119. The van der Waals surface area contributed by atoms with Gasteiger partial charge in [0.25, 0.3) is 0 Å². The first-order valence-electron chi connectivity index (χ1n) is 12.9. The molecule has 0 atom stereocenters. The first-order chi connectivity index (χ1) is 14.3. The molecular formula is C26H53NO2. The van der Waals surface area contributed by atoms with Gasteiger partial charge in [-0.3, -0.25) is 0 Å². The zero-order valence-corrected chi connectivity index (χ0v) is 19.5. The fraction of sp³-hybridized carbons (Fsp3) is 0.923. The van der Waals surface area contributed by atoms with E-state index >= 15 is 0 Å². The van der Waals surface area contributed by atoms with E-state index in [1.165, 1.54) is 109 Å². The van der Waals surface area contributed by atoms with Crippen LogP contribution in [-0.4, -0.2) is 30.0 Å². The summed E-state index contributed by atoms with van der Waals surface area (Å²) < 4.78 is 0. The Hall–Kier alpha value is -0.380. The highest BCUT2D eigenvalue weighted by molar-refractivity contribution is 4.81. The molecule has 0 aliphatic carbocycles. The van der Waals surface area contributed by atoms with Crippen molar-refractivity contribution in [3.8, 4) is 0 Å². The van der Waals surface area contributed by atoms with Crippen LogP contribution in [0.4, 0.5) is 0 Å². The Morgan fingerprint density at radius 3 is 1.28 bits per heavy atom. The molecule has 4 N–H and O–H groups in total. The summed E-state index contributed by atoms with van der Waals surface area (Å²) in [6, 6.07) is 0. The molecule has 0 amide bonds. The summed E-state index contributed by atoms with van der Waals surface area (Å²) in [6.45, 7) is 1.37. The second-order valence-electron chi connectivity index (χ2n) is 8.82. The van der Waals surface area contributed by atoms with Crippen molar-refractivity contribution >= 4 is 0 Å². The lowest BCUT2D eigenvalue weighted by Crippen LogP contribution is -2.05. The summed E-state index contributed by atoms with van der Waals surface area (Å²) in [4.78, 5) is 0. The highest BCUT2D eigenvalue weighted by Gasteiger charge is 2.06. The number of aliphatic hydroxyl groups excluding tert-OH is 2. The van der Waals surface area contributed by atoms with Crippen molar-refractivity contribution in [2.45, 2.75) is 128 Å². The van der Waals surface area contributed by atoms with E-state index in [1.54, 1.807) is 0 Å². The summed E-state index contributed by atoms with van der Waals surface area (Å²) >= 11 is 0. The van der Waals surface area contributed by atoms with E-state index in [0.717, 1.165) is 25.8 Å². The predicted octanol–water partition coefficient (Wildman–Crippen LogP) is 6.90. The third-order valence-corrected chi connectivity index (χ3v) is 6.05. The van der Waals surface area contributed by atoms with E-state index in [1.807, 2.05) is 0 Å². The summed E-state index contributed by atoms with van der Waals surface area (Å²) in [6.07, 6.45) is 30.4. The Morgan fingerprint density at radius 2 is 0.862 bits per heavy atom. The molecule has 0 radical (unpaired) electrons. The fourth-order valence-corrected chi connectivity index (χ4v) is 4.08. The largest absolute Gasteiger partial charge is 0.396 e. The van der Waals surface area contributed by atoms with E-state index in [0.29, 0.717) is 5.92 Å². The van der Waals surface area contributed by atoms with Gasteiger partial charge in [-0.05, 0) is 57.4 Å². The Kier molecular flexibility index (Phi) is 25.3. The van der Waals surface area contributed by atoms with Crippen LogP contribution in [0.1, 0.15) is 128 Å². The first kappa shape index (κ1) is 28.6. The van der Waals surface area contributed by atoms with Crippen molar-refractivity contribution in [2.24, 2.45) is 11.7 Å². The number of rotatable bonds is 24. The van der Waals surface area contributed by atoms with Crippen LogP contribution in [0.5, 0.6) is 0 Å². The molecule has 0 spiro atoms. The van der Waals surface area contributed by atoms with Gasteiger partial charge < -0.3 is 15.9 Å². The topological polar surface area (TPSA) is 66.5 Å². The van der Waals surface area contributed by atoms with E-state index in [2.05, 4.69) is 12.2 Å². The van der Waals surface area contributed by atoms with Crippen molar-refractivity contribution in [2.75, 3.05) is 19.8 Å². The van der Waals surface area contributed by atoms with Crippen LogP contribution in [0.3, 0.4) is 0 Å². The molecule has 174 valence electrons. The molecule has 0 aromatic rings. The lowest BCUT2D eigenvalue weighted by atomic mass is 9.95. The number of hydrogen-bond donors (Lipinski definition) is 3. The molecule has 0 saturated heterocycles. The monoisotopic (exact) mass is 411 g/mol. The third-order valence-electron chi connectivity index (χ3n) is 6.05. The minimum Gasteiger partial charge on any atom is -0.396 e. The number of unbranched alkanes of at least 4 members (excludes halogenated alkanes) is 15. The Morgan fingerprint density at radius 1 is 0.483 bits per heavy atom. The van der Waals surface area contributed by atoms with E-state index in [-0.39, 0.29) is 13.2 Å². The average Bonchev–Trinajstić information content (AvgIpc) is 2.72. The van der Waals surface area contributed by atoms with Crippen molar-refractivity contribution in [3.05, 3.63) is 12.2 Å². The van der Waals surface area contributed by atoms with Crippen LogP contribution < -0.4 is 5.73 Å². The van der Waals surface area contributed by atoms with Crippen molar-refractivity contribution in [1.82, 2.24) is 0 Å². The zero-order valence-electron chi connectivity index (χ0n) is 19.5. The van der Waals surface area contributed by atoms with Crippen LogP contribution in [0.25, 0.3) is 0 Å². The van der Waals surface area contributed by atoms with Gasteiger partial charge in [0, 0.05) is 13.2 Å². The smallest absolute Gasteiger partial charge is 0.0433 e. The number of hydrogen-bond acceptors (Lipinski definition) is 3. The zero-order chi connectivity index (χ0) is 21.3. The van der Waals surface area contributed by atoms with Crippen LogP contribution in [-0.2, 0) is 0 Å². The Bertz CT molecular complexity index is 314. The van der Waals surface area contributed by atoms with Crippen molar-refractivity contribution < 1.29 is 10.2 Å². The summed E-state index contributed by atoms with van der Waals surface area (Å²) in [7, 11) is 0. The van der Waals surface area contributed by atoms with Crippen molar-refractivity contribution in [3.63, 3.8) is 0 Å². The SMILES string of the molecule is NCCCCCCCCCCCC/C=C\CCCCCCCC(CCO)CCO. The van der Waals surface area contributed by atoms with Gasteiger partial charge in [-0.2, -0.15) is 0 Å². The van der Waals surface area contributed by atoms with Gasteiger partial charge in [-0.15, -0.1) is 0 Å². The van der Waals surface area contributed by atoms with Gasteiger partial charge in [0.15, 0.2) is 0 Å². The molecule has 3 heteroatoms. The number of aliphatic hydroxyl groups is 2. The van der Waals surface area contributed by atoms with Gasteiger partial charge in [-0.25, -0.2) is 0 Å². The molecule has 0 aromatic carbocycles. The molecule has 0 unspecified atom stereocenters. The summed E-state index contributed by atoms with van der Waals surface area (Å²) in [5.74, 6) is 0.513. The maximum Gasteiger partial charge on any atom is 0.0433 e. The molecule has 0 bridgehead atoms. The van der Waals surface area contributed by atoms with Gasteiger partial charge >= 0.3 is 0 Å². The van der Waals surface area contributed by atoms with Gasteiger partial charge in [0.2, 0.25) is 0 Å². The number of allylic oxidation sites excluding steroid dienone is 2. The molecule has 0 saturated carbocycles. The third kappa shape index (κ3) is 23.8. The number of nitrogens with two attached hydrogens (primary N) is 1. The van der Waals surface area contributed by atoms with E-state index < -0.39 is 0 Å². The highest BCUT2D eigenvalue weighted by Crippen LogP contribution is 2.18.